The molecule has 40 heavy (non-hydrogen) atoms. The van der Waals surface area contributed by atoms with E-state index in [4.69, 9.17) is 35.3 Å². The third kappa shape index (κ3) is 6.13. The number of amides is 2. The van der Waals surface area contributed by atoms with Crippen molar-refractivity contribution in [2.75, 3.05) is 38.9 Å². The molecule has 1 atom stereocenters. The largest absolute Gasteiger partial charge is 0.487 e. The van der Waals surface area contributed by atoms with Crippen LogP contribution >= 0.6 is 11.6 Å². The van der Waals surface area contributed by atoms with Crippen molar-refractivity contribution < 1.29 is 32.9 Å². The molecule has 4 aromatic rings. The fourth-order valence-electron chi connectivity index (χ4n) is 4.18. The summed E-state index contributed by atoms with van der Waals surface area (Å²) in [6.07, 6.45) is 1.62. The molecule has 5 rings (SSSR count). The lowest BCUT2D eigenvalue weighted by Gasteiger charge is -2.23. The highest BCUT2D eigenvalue weighted by atomic mass is 35.5. The molecule has 1 aliphatic rings. The van der Waals surface area contributed by atoms with Crippen molar-refractivity contribution >= 4 is 34.2 Å². The predicted octanol–water partition coefficient (Wildman–Crippen LogP) is 6.50. The molecule has 2 heterocycles. The fourth-order valence-corrected chi connectivity index (χ4v) is 4.40. The molecule has 208 valence electrons. The number of halogens is 2. The van der Waals surface area contributed by atoms with Gasteiger partial charge in [0.05, 0.1) is 34.3 Å². The molecule has 0 spiro atoms. The number of nitrogens with zero attached hydrogens (tertiary/aromatic N) is 1. The number of pyridine rings is 1. The number of hydrogen-bond donors (Lipinski definition) is 2. The van der Waals surface area contributed by atoms with Crippen LogP contribution in [0.25, 0.3) is 10.9 Å². The van der Waals surface area contributed by atoms with Gasteiger partial charge in [-0.2, -0.15) is 0 Å². The van der Waals surface area contributed by atoms with Crippen molar-refractivity contribution in [3.05, 3.63) is 77.2 Å². The molecule has 0 radical (unpaired) electrons. The van der Waals surface area contributed by atoms with E-state index >= 15 is 0 Å². The number of benzene rings is 3. The van der Waals surface area contributed by atoms with Crippen LogP contribution in [0.5, 0.6) is 28.7 Å². The van der Waals surface area contributed by atoms with Gasteiger partial charge in [0, 0.05) is 25.4 Å². The normalized spacial score (nSPS) is 13.0. The summed E-state index contributed by atoms with van der Waals surface area (Å²) in [5, 5.41) is 6.44. The molecule has 0 unspecified atom stereocenters. The van der Waals surface area contributed by atoms with Crippen LogP contribution < -0.4 is 29.6 Å². The number of carbonyl (C=O) groups is 1. The second-order valence-electron chi connectivity index (χ2n) is 8.89. The number of fused-ring (bicyclic) bond motifs is 3. The fraction of sp³-hybridized carbons (Fsp3) is 0.241. The van der Waals surface area contributed by atoms with E-state index in [1.807, 2.05) is 0 Å². The van der Waals surface area contributed by atoms with Crippen molar-refractivity contribution in [3.8, 4) is 28.7 Å². The maximum absolute atomic E-state index is 13.2. The lowest BCUT2D eigenvalue weighted by atomic mass is 10.1. The Labute approximate surface area is 235 Å². The molecule has 1 aromatic heterocycles. The van der Waals surface area contributed by atoms with Gasteiger partial charge in [-0.15, -0.1) is 0 Å². The van der Waals surface area contributed by atoms with E-state index in [2.05, 4.69) is 15.6 Å². The molecule has 0 bridgehead atoms. The third-order valence-corrected chi connectivity index (χ3v) is 6.43. The van der Waals surface area contributed by atoms with Gasteiger partial charge in [-0.1, -0.05) is 23.7 Å². The SMILES string of the molecule is COCCOc1cc2nccc(Oc3ccc(NC(=O)N[C@@H](C)c4ccc(F)cc4)c(Cl)c3)c2c2c1OCCO2. The molecule has 0 aliphatic carbocycles. The van der Waals surface area contributed by atoms with Gasteiger partial charge in [-0.05, 0) is 42.8 Å². The number of ether oxygens (including phenoxy) is 5. The highest BCUT2D eigenvalue weighted by Crippen LogP contribution is 2.48. The highest BCUT2D eigenvalue weighted by Gasteiger charge is 2.25. The Bertz CT molecular complexity index is 1520. The molecule has 3 aromatic carbocycles. The van der Waals surface area contributed by atoms with Crippen molar-refractivity contribution in [3.63, 3.8) is 0 Å². The quantitative estimate of drug-likeness (QED) is 0.223. The van der Waals surface area contributed by atoms with E-state index in [1.54, 1.807) is 62.7 Å². The number of nitrogens with one attached hydrogen (secondary N) is 2. The Kier molecular flexibility index (Phi) is 8.37. The maximum Gasteiger partial charge on any atom is 0.319 e. The van der Waals surface area contributed by atoms with Gasteiger partial charge in [-0.25, -0.2) is 9.18 Å². The van der Waals surface area contributed by atoms with Gasteiger partial charge >= 0.3 is 6.03 Å². The van der Waals surface area contributed by atoms with Crippen LogP contribution in [0.3, 0.4) is 0 Å². The first-order valence-corrected chi connectivity index (χ1v) is 12.9. The molecule has 9 nitrogen and oxygen atoms in total. The van der Waals surface area contributed by atoms with Crippen molar-refractivity contribution in [2.24, 2.45) is 0 Å². The first-order valence-electron chi connectivity index (χ1n) is 12.6. The third-order valence-electron chi connectivity index (χ3n) is 6.12. The van der Waals surface area contributed by atoms with Crippen molar-refractivity contribution in [2.45, 2.75) is 13.0 Å². The predicted molar refractivity (Wildman–Crippen MR) is 149 cm³/mol. The summed E-state index contributed by atoms with van der Waals surface area (Å²) < 4.78 is 42.1. The van der Waals surface area contributed by atoms with Gasteiger partial charge in [0.1, 0.15) is 37.1 Å². The van der Waals surface area contributed by atoms with Crippen LogP contribution in [0.4, 0.5) is 14.9 Å². The standard InChI is InChI=1S/C29H27ClFN3O6/c1-17(18-3-5-19(31)6-4-18)33-29(35)34-22-8-7-20(15-21(22)30)40-24-9-10-32-23-16-25(37-12-11-36-2)27-28(26(23)24)39-14-13-38-27/h3-10,15-17H,11-14H2,1-2H3,(H2,33,34,35)/t17-/m0/s1. The first kappa shape index (κ1) is 27.3. The monoisotopic (exact) mass is 567 g/mol. The number of carbonyl (C=O) groups excluding carboxylic acids is 1. The molecule has 0 saturated heterocycles. The Morgan fingerprint density at radius 1 is 1.05 bits per heavy atom. The molecule has 2 N–H and O–H groups in total. The smallest absolute Gasteiger partial charge is 0.319 e. The van der Waals surface area contributed by atoms with Crippen molar-refractivity contribution in [1.29, 1.82) is 0 Å². The first-order chi connectivity index (χ1) is 19.4. The van der Waals surface area contributed by atoms with Gasteiger partial charge in [-0.3, -0.25) is 4.98 Å². The molecule has 1 aliphatic heterocycles. The summed E-state index contributed by atoms with van der Waals surface area (Å²) in [5.41, 5.74) is 1.76. The van der Waals surface area contributed by atoms with Crippen LogP contribution in [0, 0.1) is 5.82 Å². The minimum Gasteiger partial charge on any atom is -0.487 e. The lowest BCUT2D eigenvalue weighted by molar-refractivity contribution is 0.134. The summed E-state index contributed by atoms with van der Waals surface area (Å²) in [6, 6.07) is 13.5. The average molecular weight is 568 g/mol. The highest BCUT2D eigenvalue weighted by molar-refractivity contribution is 6.33. The number of anilines is 1. The number of urea groups is 1. The van der Waals surface area contributed by atoms with E-state index < -0.39 is 6.03 Å². The lowest BCUT2D eigenvalue weighted by Crippen LogP contribution is -2.31. The zero-order valence-corrected chi connectivity index (χ0v) is 22.6. The number of rotatable bonds is 9. The summed E-state index contributed by atoms with van der Waals surface area (Å²) in [5.74, 6) is 2.05. The van der Waals surface area contributed by atoms with E-state index in [0.717, 1.165) is 5.56 Å². The molecular formula is C29H27ClFN3O6. The number of methoxy groups -OCH3 is 1. The maximum atomic E-state index is 13.2. The molecule has 0 saturated carbocycles. The Morgan fingerprint density at radius 3 is 2.58 bits per heavy atom. The topological polar surface area (TPSA) is 100 Å². The number of aromatic nitrogens is 1. The second kappa shape index (κ2) is 12.3. The minimum atomic E-state index is -0.458. The van der Waals surface area contributed by atoms with Crippen LogP contribution in [0.1, 0.15) is 18.5 Å². The van der Waals surface area contributed by atoms with Crippen LogP contribution in [0.2, 0.25) is 5.02 Å². The van der Waals surface area contributed by atoms with Gasteiger partial charge in [0.15, 0.2) is 11.5 Å². The average Bonchev–Trinajstić information content (AvgIpc) is 2.95. The molecule has 0 fully saturated rings. The van der Waals surface area contributed by atoms with Crippen molar-refractivity contribution in [1.82, 2.24) is 10.3 Å². The van der Waals surface area contributed by atoms with E-state index in [1.165, 1.54) is 12.1 Å². The molecule has 2 amide bonds. The van der Waals surface area contributed by atoms with E-state index in [9.17, 15) is 9.18 Å². The van der Waals surface area contributed by atoms with Gasteiger partial charge < -0.3 is 34.3 Å². The minimum absolute atomic E-state index is 0.274. The number of hydrogen-bond acceptors (Lipinski definition) is 7. The zero-order valence-electron chi connectivity index (χ0n) is 21.8. The summed E-state index contributed by atoms with van der Waals surface area (Å²) in [7, 11) is 1.60. The Morgan fingerprint density at radius 2 is 1.82 bits per heavy atom. The Hall–Kier alpha value is -4.28. The second-order valence-corrected chi connectivity index (χ2v) is 9.30. The van der Waals surface area contributed by atoms with Crippen LogP contribution in [-0.2, 0) is 4.74 Å². The van der Waals surface area contributed by atoms with Gasteiger partial charge in [0.2, 0.25) is 5.75 Å². The van der Waals surface area contributed by atoms with Gasteiger partial charge in [0.25, 0.3) is 0 Å². The van der Waals surface area contributed by atoms with E-state index in [0.29, 0.717) is 71.8 Å². The molecular weight excluding hydrogens is 541 g/mol. The zero-order chi connectivity index (χ0) is 28.1. The summed E-state index contributed by atoms with van der Waals surface area (Å²) in [6.45, 7) is 3.31. The summed E-state index contributed by atoms with van der Waals surface area (Å²) >= 11 is 6.48. The summed E-state index contributed by atoms with van der Waals surface area (Å²) in [4.78, 5) is 17.0. The Balaban J connectivity index is 1.33. The van der Waals surface area contributed by atoms with Crippen LogP contribution in [0.15, 0.2) is 60.8 Å². The molecule has 11 heteroatoms. The van der Waals surface area contributed by atoms with Crippen LogP contribution in [-0.4, -0.2) is 44.6 Å². The van der Waals surface area contributed by atoms with E-state index in [-0.39, 0.29) is 16.9 Å².